The number of rotatable bonds is 7. The van der Waals surface area contributed by atoms with Crippen LogP contribution >= 0.6 is 0 Å². The molecular formula is C14H19N3O3. The van der Waals surface area contributed by atoms with Crippen molar-refractivity contribution in [2.24, 2.45) is 0 Å². The minimum atomic E-state index is -0.685. The van der Waals surface area contributed by atoms with Crippen LogP contribution in [0.25, 0.3) is 0 Å². The Morgan fingerprint density at radius 1 is 1.35 bits per heavy atom. The largest absolute Gasteiger partial charge is 0.497 e. The zero-order chi connectivity index (χ0) is 14.4. The summed E-state index contributed by atoms with van der Waals surface area (Å²) in [6, 6.07) is 5.35. The molecule has 0 amide bonds. The summed E-state index contributed by atoms with van der Waals surface area (Å²) in [5, 5.41) is 13.4. The number of hydrogen-bond acceptors (Lipinski definition) is 5. The smallest absolute Gasteiger partial charge is 0.124 e. The third-order valence-electron chi connectivity index (χ3n) is 2.98. The molecule has 6 nitrogen and oxygen atoms in total. The fraction of sp³-hybridized carbons (Fsp3) is 0.357. The van der Waals surface area contributed by atoms with E-state index in [1.165, 1.54) is 0 Å². The van der Waals surface area contributed by atoms with Crippen molar-refractivity contribution in [3.63, 3.8) is 0 Å². The van der Waals surface area contributed by atoms with Crippen LogP contribution in [0.5, 0.6) is 11.5 Å². The molecular weight excluding hydrogens is 258 g/mol. The number of nitrogens with zero attached hydrogens (tertiary/aromatic N) is 1. The van der Waals surface area contributed by atoms with E-state index in [-0.39, 0.29) is 0 Å². The van der Waals surface area contributed by atoms with E-state index in [1.54, 1.807) is 44.8 Å². The van der Waals surface area contributed by atoms with Gasteiger partial charge in [0.15, 0.2) is 0 Å². The highest BCUT2D eigenvalue weighted by molar-refractivity contribution is 5.41. The first-order chi connectivity index (χ1) is 9.74. The van der Waals surface area contributed by atoms with Gasteiger partial charge in [0.1, 0.15) is 17.3 Å². The van der Waals surface area contributed by atoms with Crippen LogP contribution in [0.15, 0.2) is 30.6 Å². The van der Waals surface area contributed by atoms with Crippen molar-refractivity contribution in [1.82, 2.24) is 15.3 Å². The van der Waals surface area contributed by atoms with Crippen molar-refractivity contribution in [3.05, 3.63) is 42.0 Å². The van der Waals surface area contributed by atoms with Gasteiger partial charge in [-0.3, -0.25) is 0 Å². The van der Waals surface area contributed by atoms with Crippen molar-refractivity contribution in [2.75, 3.05) is 20.8 Å². The monoisotopic (exact) mass is 277 g/mol. The van der Waals surface area contributed by atoms with Gasteiger partial charge in [-0.25, -0.2) is 4.98 Å². The summed E-state index contributed by atoms with van der Waals surface area (Å²) in [6.07, 6.45) is 2.77. The molecule has 0 radical (unpaired) electrons. The second-order valence-corrected chi connectivity index (χ2v) is 4.29. The SMILES string of the molecule is COc1ccc(OC)c(C(O)CNCc2ncc[nH]2)c1. The second kappa shape index (κ2) is 6.93. The molecule has 1 aromatic heterocycles. The van der Waals surface area contributed by atoms with E-state index in [2.05, 4.69) is 15.3 Å². The molecule has 1 heterocycles. The van der Waals surface area contributed by atoms with E-state index >= 15 is 0 Å². The molecule has 1 aromatic carbocycles. The van der Waals surface area contributed by atoms with Gasteiger partial charge >= 0.3 is 0 Å². The van der Waals surface area contributed by atoms with Gasteiger partial charge in [0.25, 0.3) is 0 Å². The first kappa shape index (κ1) is 14.4. The highest BCUT2D eigenvalue weighted by atomic mass is 16.5. The normalized spacial score (nSPS) is 12.2. The van der Waals surface area contributed by atoms with Gasteiger partial charge < -0.3 is 24.9 Å². The molecule has 6 heteroatoms. The average Bonchev–Trinajstić information content (AvgIpc) is 2.99. The number of aromatic nitrogens is 2. The summed E-state index contributed by atoms with van der Waals surface area (Å²) >= 11 is 0. The first-order valence-electron chi connectivity index (χ1n) is 6.33. The van der Waals surface area contributed by atoms with Crippen LogP contribution in [0, 0.1) is 0 Å². The van der Waals surface area contributed by atoms with E-state index < -0.39 is 6.10 Å². The number of aliphatic hydroxyl groups excluding tert-OH is 1. The van der Waals surface area contributed by atoms with Crippen LogP contribution in [0.1, 0.15) is 17.5 Å². The predicted octanol–water partition coefficient (Wildman–Crippen LogP) is 1.25. The van der Waals surface area contributed by atoms with Crippen LogP contribution in [-0.4, -0.2) is 35.8 Å². The lowest BCUT2D eigenvalue weighted by molar-refractivity contribution is 0.169. The molecule has 0 spiro atoms. The van der Waals surface area contributed by atoms with Gasteiger partial charge in [0, 0.05) is 24.5 Å². The van der Waals surface area contributed by atoms with Crippen molar-refractivity contribution in [3.8, 4) is 11.5 Å². The zero-order valence-electron chi connectivity index (χ0n) is 11.6. The maximum absolute atomic E-state index is 10.3. The maximum Gasteiger partial charge on any atom is 0.124 e. The quantitative estimate of drug-likeness (QED) is 0.710. The number of methoxy groups -OCH3 is 2. The van der Waals surface area contributed by atoms with Gasteiger partial charge in [0.05, 0.1) is 26.9 Å². The predicted molar refractivity (Wildman–Crippen MR) is 74.8 cm³/mol. The molecule has 0 aliphatic carbocycles. The highest BCUT2D eigenvalue weighted by Gasteiger charge is 2.14. The topological polar surface area (TPSA) is 79.4 Å². The van der Waals surface area contributed by atoms with Crippen molar-refractivity contribution in [1.29, 1.82) is 0 Å². The summed E-state index contributed by atoms with van der Waals surface area (Å²) < 4.78 is 10.4. The Hall–Kier alpha value is -2.05. The van der Waals surface area contributed by atoms with Crippen molar-refractivity contribution < 1.29 is 14.6 Å². The summed E-state index contributed by atoms with van der Waals surface area (Å²) in [5.74, 6) is 2.15. The standard InChI is InChI=1S/C14H19N3O3/c1-19-10-3-4-13(20-2)11(7-10)12(18)8-15-9-14-16-5-6-17-14/h3-7,12,15,18H,8-9H2,1-2H3,(H,16,17). The molecule has 108 valence electrons. The van der Waals surface area contributed by atoms with E-state index in [0.717, 1.165) is 5.82 Å². The van der Waals surface area contributed by atoms with Crippen LogP contribution in [0.4, 0.5) is 0 Å². The number of H-pyrrole nitrogens is 1. The highest BCUT2D eigenvalue weighted by Crippen LogP contribution is 2.29. The fourth-order valence-corrected chi connectivity index (χ4v) is 1.93. The molecule has 1 unspecified atom stereocenters. The van der Waals surface area contributed by atoms with Crippen molar-refractivity contribution in [2.45, 2.75) is 12.6 Å². The van der Waals surface area contributed by atoms with E-state index in [0.29, 0.717) is 30.2 Å². The number of ether oxygens (including phenoxy) is 2. The molecule has 0 aliphatic heterocycles. The molecule has 3 N–H and O–H groups in total. The summed E-state index contributed by atoms with van der Waals surface area (Å²) in [6.45, 7) is 0.959. The van der Waals surface area contributed by atoms with Crippen LogP contribution in [-0.2, 0) is 6.54 Å². The maximum atomic E-state index is 10.3. The first-order valence-corrected chi connectivity index (χ1v) is 6.33. The Balaban J connectivity index is 1.98. The average molecular weight is 277 g/mol. The number of aromatic amines is 1. The summed E-state index contributed by atoms with van der Waals surface area (Å²) in [5.41, 5.74) is 0.693. The van der Waals surface area contributed by atoms with E-state index in [1.807, 2.05) is 0 Å². The Bertz CT molecular complexity index is 528. The Morgan fingerprint density at radius 2 is 2.20 bits per heavy atom. The van der Waals surface area contributed by atoms with Crippen LogP contribution in [0.2, 0.25) is 0 Å². The van der Waals surface area contributed by atoms with Gasteiger partial charge in [0.2, 0.25) is 0 Å². The third-order valence-corrected chi connectivity index (χ3v) is 2.98. The number of hydrogen-bond donors (Lipinski definition) is 3. The van der Waals surface area contributed by atoms with Gasteiger partial charge in [-0.15, -0.1) is 0 Å². The zero-order valence-corrected chi connectivity index (χ0v) is 11.6. The molecule has 2 rings (SSSR count). The third kappa shape index (κ3) is 3.49. The molecule has 0 bridgehead atoms. The van der Waals surface area contributed by atoms with Crippen molar-refractivity contribution >= 4 is 0 Å². The van der Waals surface area contributed by atoms with Gasteiger partial charge in [-0.2, -0.15) is 0 Å². The summed E-state index contributed by atoms with van der Waals surface area (Å²) in [7, 11) is 3.17. The Morgan fingerprint density at radius 3 is 2.85 bits per heavy atom. The lowest BCUT2D eigenvalue weighted by Gasteiger charge is -2.16. The summed E-state index contributed by atoms with van der Waals surface area (Å²) in [4.78, 5) is 7.09. The molecule has 0 saturated heterocycles. The molecule has 1 atom stereocenters. The molecule has 0 aliphatic rings. The van der Waals surface area contributed by atoms with Gasteiger partial charge in [-0.05, 0) is 18.2 Å². The number of aliphatic hydroxyl groups is 1. The van der Waals surface area contributed by atoms with E-state index in [4.69, 9.17) is 9.47 Å². The molecule has 20 heavy (non-hydrogen) atoms. The lowest BCUT2D eigenvalue weighted by Crippen LogP contribution is -2.22. The van der Waals surface area contributed by atoms with Crippen LogP contribution < -0.4 is 14.8 Å². The van der Waals surface area contributed by atoms with Gasteiger partial charge in [-0.1, -0.05) is 0 Å². The Labute approximate surface area is 117 Å². The van der Waals surface area contributed by atoms with Crippen LogP contribution in [0.3, 0.4) is 0 Å². The minimum absolute atomic E-state index is 0.393. The second-order valence-electron chi connectivity index (χ2n) is 4.29. The number of benzene rings is 1. The number of nitrogens with one attached hydrogen (secondary N) is 2. The fourth-order valence-electron chi connectivity index (χ4n) is 1.93. The molecule has 0 saturated carbocycles. The Kier molecular flexibility index (Phi) is 4.97. The molecule has 0 fully saturated rings. The number of imidazole rings is 1. The lowest BCUT2D eigenvalue weighted by atomic mass is 10.1. The molecule has 2 aromatic rings. The minimum Gasteiger partial charge on any atom is -0.497 e. The van der Waals surface area contributed by atoms with E-state index in [9.17, 15) is 5.11 Å².